The molecule has 1 fully saturated rings. The van der Waals surface area contributed by atoms with E-state index in [9.17, 15) is 9.90 Å². The van der Waals surface area contributed by atoms with Gasteiger partial charge in [-0.25, -0.2) is 4.79 Å². The van der Waals surface area contributed by atoms with Crippen molar-refractivity contribution in [3.8, 4) is 0 Å². The Balaban J connectivity index is 1.76. The standard InChI is InChI=1S/C19H30N2O3/c1-18(2,3)24-13-16-8-6-7-15(11-16)12-20-17(22)21-14-19(23)9-4-5-10-19/h6-8,11,23H,4-5,9-10,12-14H2,1-3H3,(H2,20,21,22). The second-order valence-electron chi connectivity index (χ2n) is 7.69. The van der Waals surface area contributed by atoms with Gasteiger partial charge in [0.15, 0.2) is 0 Å². The van der Waals surface area contributed by atoms with Crippen molar-refractivity contribution < 1.29 is 14.6 Å². The van der Waals surface area contributed by atoms with E-state index in [0.717, 1.165) is 36.8 Å². The van der Waals surface area contributed by atoms with Crippen molar-refractivity contribution in [2.24, 2.45) is 0 Å². The fourth-order valence-electron chi connectivity index (χ4n) is 2.83. The maximum absolute atomic E-state index is 11.9. The summed E-state index contributed by atoms with van der Waals surface area (Å²) in [5.74, 6) is 0. The zero-order valence-electron chi connectivity index (χ0n) is 15.0. The van der Waals surface area contributed by atoms with Crippen LogP contribution in [0.3, 0.4) is 0 Å². The smallest absolute Gasteiger partial charge is 0.315 e. The van der Waals surface area contributed by atoms with Gasteiger partial charge in [-0.2, -0.15) is 0 Å². The van der Waals surface area contributed by atoms with Crippen LogP contribution in [0.25, 0.3) is 0 Å². The quantitative estimate of drug-likeness (QED) is 0.748. The average molecular weight is 334 g/mol. The van der Waals surface area contributed by atoms with Gasteiger partial charge in [-0.1, -0.05) is 37.1 Å². The number of nitrogens with one attached hydrogen (secondary N) is 2. The Morgan fingerprint density at radius 1 is 1.21 bits per heavy atom. The molecule has 1 aliphatic carbocycles. The van der Waals surface area contributed by atoms with E-state index in [1.807, 2.05) is 45.0 Å². The lowest BCUT2D eigenvalue weighted by Crippen LogP contribution is -2.44. The molecule has 0 saturated heterocycles. The highest BCUT2D eigenvalue weighted by Crippen LogP contribution is 2.28. The van der Waals surface area contributed by atoms with Gasteiger partial charge in [0.05, 0.1) is 17.8 Å². The number of hydrogen-bond donors (Lipinski definition) is 3. The Bertz CT molecular complexity index is 546. The zero-order chi connectivity index (χ0) is 17.6. The molecule has 1 aromatic carbocycles. The second kappa shape index (κ2) is 7.99. The normalized spacial score (nSPS) is 16.8. The number of carbonyl (C=O) groups is 1. The van der Waals surface area contributed by atoms with Crippen LogP contribution in [0.4, 0.5) is 4.79 Å². The SMILES string of the molecule is CC(C)(C)OCc1cccc(CNC(=O)NCC2(O)CCCC2)c1. The van der Waals surface area contributed by atoms with Gasteiger partial charge >= 0.3 is 6.03 Å². The van der Waals surface area contributed by atoms with Crippen LogP contribution < -0.4 is 10.6 Å². The number of aliphatic hydroxyl groups is 1. The number of hydrogen-bond acceptors (Lipinski definition) is 3. The highest BCUT2D eigenvalue weighted by molar-refractivity contribution is 5.73. The number of urea groups is 1. The molecule has 1 aromatic rings. The first kappa shape index (κ1) is 18.7. The maximum Gasteiger partial charge on any atom is 0.315 e. The van der Waals surface area contributed by atoms with Crippen LogP contribution in [-0.4, -0.2) is 28.9 Å². The Morgan fingerprint density at radius 3 is 2.54 bits per heavy atom. The molecule has 2 amide bonds. The second-order valence-corrected chi connectivity index (χ2v) is 7.69. The first-order chi connectivity index (χ1) is 11.3. The highest BCUT2D eigenvalue weighted by Gasteiger charge is 2.31. The van der Waals surface area contributed by atoms with Gasteiger partial charge < -0.3 is 20.5 Å². The number of rotatable bonds is 6. The highest BCUT2D eigenvalue weighted by atomic mass is 16.5. The minimum absolute atomic E-state index is 0.172. The summed E-state index contributed by atoms with van der Waals surface area (Å²) in [5, 5.41) is 15.8. The van der Waals surface area contributed by atoms with Gasteiger partial charge in [0.2, 0.25) is 0 Å². The largest absolute Gasteiger partial charge is 0.388 e. The summed E-state index contributed by atoms with van der Waals surface area (Å²) in [6, 6.07) is 7.76. The van der Waals surface area contributed by atoms with E-state index in [4.69, 9.17) is 4.74 Å². The number of ether oxygens (including phenoxy) is 1. The minimum Gasteiger partial charge on any atom is -0.388 e. The molecule has 0 atom stereocenters. The third-order valence-corrected chi connectivity index (χ3v) is 4.23. The monoisotopic (exact) mass is 334 g/mol. The molecule has 3 N–H and O–H groups in total. The number of carbonyl (C=O) groups excluding carboxylic acids is 1. The van der Waals surface area contributed by atoms with Crippen LogP contribution in [-0.2, 0) is 17.9 Å². The van der Waals surface area contributed by atoms with Gasteiger partial charge in [-0.05, 0) is 44.7 Å². The Morgan fingerprint density at radius 2 is 1.88 bits per heavy atom. The Hall–Kier alpha value is -1.59. The summed E-state index contributed by atoms with van der Waals surface area (Å²) >= 11 is 0. The first-order valence-electron chi connectivity index (χ1n) is 8.72. The average Bonchev–Trinajstić information content (AvgIpc) is 2.96. The zero-order valence-corrected chi connectivity index (χ0v) is 15.0. The van der Waals surface area contributed by atoms with Crippen molar-refractivity contribution in [3.63, 3.8) is 0 Å². The van der Waals surface area contributed by atoms with E-state index in [2.05, 4.69) is 10.6 Å². The molecule has 134 valence electrons. The van der Waals surface area contributed by atoms with Gasteiger partial charge in [0.25, 0.3) is 0 Å². The topological polar surface area (TPSA) is 70.6 Å². The van der Waals surface area contributed by atoms with Crippen molar-refractivity contribution >= 4 is 6.03 Å². The van der Waals surface area contributed by atoms with Gasteiger partial charge in [0.1, 0.15) is 0 Å². The van der Waals surface area contributed by atoms with Crippen LogP contribution >= 0.6 is 0 Å². The van der Waals surface area contributed by atoms with Crippen molar-refractivity contribution in [1.29, 1.82) is 0 Å². The van der Waals surface area contributed by atoms with Crippen LogP contribution in [0.1, 0.15) is 57.6 Å². The molecular formula is C19H30N2O3. The molecule has 0 heterocycles. The molecule has 1 aliphatic rings. The summed E-state index contributed by atoms with van der Waals surface area (Å²) in [6.07, 6.45) is 3.60. The van der Waals surface area contributed by atoms with Crippen molar-refractivity contribution in [3.05, 3.63) is 35.4 Å². The van der Waals surface area contributed by atoms with Crippen LogP contribution in [0.15, 0.2) is 24.3 Å². The lowest BCUT2D eigenvalue weighted by atomic mass is 10.0. The molecule has 0 bridgehead atoms. The predicted octanol–water partition coefficient (Wildman–Crippen LogP) is 3.11. The summed E-state index contributed by atoms with van der Waals surface area (Å²) < 4.78 is 5.78. The molecule has 0 unspecified atom stereocenters. The molecule has 0 aliphatic heterocycles. The minimum atomic E-state index is -0.721. The summed E-state index contributed by atoms with van der Waals surface area (Å²) in [6.45, 7) is 7.41. The lowest BCUT2D eigenvalue weighted by Gasteiger charge is -2.22. The number of benzene rings is 1. The van der Waals surface area contributed by atoms with Crippen molar-refractivity contribution in [2.45, 2.75) is 70.8 Å². The van der Waals surface area contributed by atoms with E-state index in [1.54, 1.807) is 0 Å². The van der Waals surface area contributed by atoms with E-state index >= 15 is 0 Å². The Kier molecular flexibility index (Phi) is 6.24. The lowest BCUT2D eigenvalue weighted by molar-refractivity contribution is -0.0149. The fraction of sp³-hybridized carbons (Fsp3) is 0.632. The van der Waals surface area contributed by atoms with E-state index in [0.29, 0.717) is 19.7 Å². The van der Waals surface area contributed by atoms with Crippen LogP contribution in [0.5, 0.6) is 0 Å². The molecule has 0 radical (unpaired) electrons. The molecule has 0 spiro atoms. The van der Waals surface area contributed by atoms with Crippen LogP contribution in [0, 0.1) is 0 Å². The predicted molar refractivity (Wildman–Crippen MR) is 94.6 cm³/mol. The van der Waals surface area contributed by atoms with Crippen molar-refractivity contribution in [2.75, 3.05) is 6.54 Å². The fourth-order valence-corrected chi connectivity index (χ4v) is 2.83. The summed E-state index contributed by atoms with van der Waals surface area (Å²) in [4.78, 5) is 11.9. The van der Waals surface area contributed by atoms with E-state index in [-0.39, 0.29) is 11.6 Å². The van der Waals surface area contributed by atoms with Gasteiger partial charge in [-0.15, -0.1) is 0 Å². The van der Waals surface area contributed by atoms with E-state index < -0.39 is 5.60 Å². The molecule has 1 saturated carbocycles. The molecule has 5 nitrogen and oxygen atoms in total. The van der Waals surface area contributed by atoms with Crippen molar-refractivity contribution in [1.82, 2.24) is 10.6 Å². The molecule has 2 rings (SSSR count). The van der Waals surface area contributed by atoms with Gasteiger partial charge in [-0.3, -0.25) is 0 Å². The number of amides is 2. The Labute approximate surface area is 144 Å². The van der Waals surface area contributed by atoms with E-state index in [1.165, 1.54) is 0 Å². The molecule has 5 heteroatoms. The third-order valence-electron chi connectivity index (χ3n) is 4.23. The summed E-state index contributed by atoms with van der Waals surface area (Å²) in [7, 11) is 0. The van der Waals surface area contributed by atoms with Crippen LogP contribution in [0.2, 0.25) is 0 Å². The van der Waals surface area contributed by atoms with Gasteiger partial charge in [0, 0.05) is 13.1 Å². The molecular weight excluding hydrogens is 304 g/mol. The molecule has 0 aromatic heterocycles. The third kappa shape index (κ3) is 6.49. The molecule has 24 heavy (non-hydrogen) atoms. The maximum atomic E-state index is 11.9. The summed E-state index contributed by atoms with van der Waals surface area (Å²) in [5.41, 5.74) is 1.22. The first-order valence-corrected chi connectivity index (χ1v) is 8.72.